The van der Waals surface area contributed by atoms with Crippen molar-refractivity contribution in [1.82, 2.24) is 19.7 Å². The van der Waals surface area contributed by atoms with Gasteiger partial charge in [0.15, 0.2) is 5.16 Å². The molecule has 0 fully saturated rings. The van der Waals surface area contributed by atoms with E-state index in [1.54, 1.807) is 24.2 Å². The molecule has 0 bridgehead atoms. The van der Waals surface area contributed by atoms with Crippen LogP contribution in [-0.4, -0.2) is 25.7 Å². The molecule has 2 heterocycles. The Hall–Kier alpha value is -3.45. The average Bonchev–Trinajstić information content (AvgIpc) is 3.17. The minimum atomic E-state index is -0.237. The highest BCUT2D eigenvalue weighted by atomic mass is 32.2. The van der Waals surface area contributed by atoms with Crippen molar-refractivity contribution in [3.05, 3.63) is 90.9 Å². The van der Waals surface area contributed by atoms with Gasteiger partial charge >= 0.3 is 0 Å². The van der Waals surface area contributed by atoms with Gasteiger partial charge in [-0.3, -0.25) is 4.79 Å². The molecule has 1 N–H and O–H groups in total. The Bertz CT molecular complexity index is 1200. The summed E-state index contributed by atoms with van der Waals surface area (Å²) in [5.74, 6) is -0.237. The maximum atomic E-state index is 12.7. The Labute approximate surface area is 179 Å². The van der Waals surface area contributed by atoms with Crippen molar-refractivity contribution < 1.29 is 4.79 Å². The summed E-state index contributed by atoms with van der Waals surface area (Å²) in [6.45, 7) is 3.88. The monoisotopic (exact) mass is 415 g/mol. The van der Waals surface area contributed by atoms with Gasteiger partial charge in [-0.15, -0.1) is 16.8 Å². The van der Waals surface area contributed by atoms with Gasteiger partial charge in [0.05, 0.1) is 5.52 Å². The zero-order chi connectivity index (χ0) is 20.9. The lowest BCUT2D eigenvalue weighted by Crippen LogP contribution is -2.13. The second-order valence-corrected chi connectivity index (χ2v) is 7.99. The third-order valence-corrected chi connectivity index (χ3v) is 5.98. The number of nitrogens with one attached hydrogen (secondary N) is 1. The van der Waals surface area contributed by atoms with Crippen molar-refractivity contribution in [3.8, 4) is 0 Å². The Morgan fingerprint density at radius 2 is 2.07 bits per heavy atom. The van der Waals surface area contributed by atoms with Crippen LogP contribution in [0.25, 0.3) is 10.9 Å². The summed E-state index contributed by atoms with van der Waals surface area (Å²) in [6, 6.07) is 19.2. The van der Waals surface area contributed by atoms with E-state index in [9.17, 15) is 4.79 Å². The Morgan fingerprint density at radius 3 is 2.87 bits per heavy atom. The summed E-state index contributed by atoms with van der Waals surface area (Å²) in [6.07, 6.45) is 4.33. The van der Waals surface area contributed by atoms with Crippen molar-refractivity contribution in [1.29, 1.82) is 0 Å². The summed E-state index contributed by atoms with van der Waals surface area (Å²) >= 11 is 1.62. The molecule has 0 spiro atoms. The van der Waals surface area contributed by atoms with Crippen molar-refractivity contribution in [3.63, 3.8) is 0 Å². The summed E-state index contributed by atoms with van der Waals surface area (Å²) in [7, 11) is 1.92. The van der Waals surface area contributed by atoms with Gasteiger partial charge < -0.3 is 9.88 Å². The number of amides is 1. The number of pyridine rings is 1. The molecule has 0 aliphatic carbocycles. The van der Waals surface area contributed by atoms with Gasteiger partial charge in [0.1, 0.15) is 12.0 Å². The van der Waals surface area contributed by atoms with E-state index in [1.165, 1.54) is 0 Å². The molecule has 0 aliphatic heterocycles. The van der Waals surface area contributed by atoms with E-state index < -0.39 is 0 Å². The van der Waals surface area contributed by atoms with Crippen molar-refractivity contribution in [2.75, 3.05) is 5.32 Å². The first-order valence-corrected chi connectivity index (χ1v) is 10.4. The number of hydrogen-bond donors (Lipinski definition) is 1. The molecule has 0 saturated heterocycles. The predicted octanol–water partition coefficient (Wildman–Crippen LogP) is 5.03. The van der Waals surface area contributed by atoms with Gasteiger partial charge in [0.25, 0.3) is 5.91 Å². The topological polar surface area (TPSA) is 72.7 Å². The molecular weight excluding hydrogens is 394 g/mol. The third kappa shape index (κ3) is 4.41. The number of allylic oxidation sites excluding steroid dienone is 1. The first-order valence-electron chi connectivity index (χ1n) is 9.52. The van der Waals surface area contributed by atoms with Crippen LogP contribution in [0.1, 0.15) is 27.7 Å². The fourth-order valence-electron chi connectivity index (χ4n) is 3.11. The van der Waals surface area contributed by atoms with Crippen molar-refractivity contribution in [2.45, 2.75) is 16.8 Å². The van der Waals surface area contributed by atoms with E-state index in [2.05, 4.69) is 27.1 Å². The molecule has 4 aromatic rings. The fourth-order valence-corrected chi connectivity index (χ4v) is 4.19. The second-order valence-electron chi connectivity index (χ2n) is 6.82. The maximum Gasteiger partial charge on any atom is 0.274 e. The summed E-state index contributed by atoms with van der Waals surface area (Å²) < 4.78 is 1.89. The zero-order valence-electron chi connectivity index (χ0n) is 16.5. The van der Waals surface area contributed by atoms with Gasteiger partial charge in [0.2, 0.25) is 0 Å². The summed E-state index contributed by atoms with van der Waals surface area (Å²) in [4.78, 5) is 17.2. The van der Waals surface area contributed by atoms with E-state index in [0.717, 1.165) is 33.7 Å². The van der Waals surface area contributed by atoms with Crippen LogP contribution in [0.15, 0.2) is 84.8 Å². The summed E-state index contributed by atoms with van der Waals surface area (Å²) in [5.41, 5.74) is 2.98. The van der Waals surface area contributed by atoms with Crippen LogP contribution in [0.2, 0.25) is 0 Å². The number of rotatable bonds is 7. The third-order valence-electron chi connectivity index (χ3n) is 4.65. The number of hydrogen-bond acceptors (Lipinski definition) is 5. The zero-order valence-corrected chi connectivity index (χ0v) is 17.3. The molecule has 150 valence electrons. The quantitative estimate of drug-likeness (QED) is 0.339. The standard InChI is InChI=1S/C23H21N5OS/c1-3-7-21(30-23-27-24-15-28(23)2)17-9-6-10-18(14-17)25-22(29)20-13-12-16-8-4-5-11-19(16)26-20/h3-6,8-15,21H,1,7H2,2H3,(H,25,29). The fraction of sp³-hybridized carbons (Fsp3) is 0.130. The largest absolute Gasteiger partial charge is 0.321 e. The maximum absolute atomic E-state index is 12.7. The molecule has 7 heteroatoms. The van der Waals surface area contributed by atoms with Crippen LogP contribution in [0, 0.1) is 0 Å². The van der Waals surface area contributed by atoms with Crippen LogP contribution < -0.4 is 5.32 Å². The Kier molecular flexibility index (Phi) is 5.90. The van der Waals surface area contributed by atoms with Gasteiger partial charge in [-0.05, 0) is 36.2 Å². The lowest BCUT2D eigenvalue weighted by atomic mass is 10.1. The first kappa shape index (κ1) is 19.8. The van der Waals surface area contributed by atoms with Crippen LogP contribution in [-0.2, 0) is 7.05 Å². The van der Waals surface area contributed by atoms with Gasteiger partial charge in [-0.2, -0.15) is 0 Å². The molecule has 0 aliphatic rings. The molecular formula is C23H21N5OS. The number of para-hydroxylation sites is 1. The van der Waals surface area contributed by atoms with Crippen LogP contribution in [0.5, 0.6) is 0 Å². The van der Waals surface area contributed by atoms with E-state index in [-0.39, 0.29) is 11.2 Å². The molecule has 4 rings (SSSR count). The van der Waals surface area contributed by atoms with E-state index in [1.807, 2.05) is 72.3 Å². The first-order chi connectivity index (χ1) is 14.6. The second kappa shape index (κ2) is 8.92. The van der Waals surface area contributed by atoms with Gasteiger partial charge in [-0.25, -0.2) is 4.98 Å². The number of carbonyl (C=O) groups is 1. The van der Waals surface area contributed by atoms with Gasteiger partial charge in [-0.1, -0.05) is 54.2 Å². The number of nitrogens with zero attached hydrogens (tertiary/aromatic N) is 4. The summed E-state index contributed by atoms with van der Waals surface area (Å²) in [5, 5.41) is 13.0. The number of carbonyl (C=O) groups excluding carboxylic acids is 1. The van der Waals surface area contributed by atoms with E-state index in [0.29, 0.717) is 5.69 Å². The van der Waals surface area contributed by atoms with E-state index in [4.69, 9.17) is 0 Å². The molecule has 2 aromatic heterocycles. The number of aromatic nitrogens is 4. The number of aryl methyl sites for hydroxylation is 1. The minimum Gasteiger partial charge on any atom is -0.321 e. The molecule has 30 heavy (non-hydrogen) atoms. The van der Waals surface area contributed by atoms with E-state index >= 15 is 0 Å². The predicted molar refractivity (Wildman–Crippen MR) is 121 cm³/mol. The normalized spacial score (nSPS) is 11.9. The van der Waals surface area contributed by atoms with Gasteiger partial charge in [0, 0.05) is 23.4 Å². The average molecular weight is 416 g/mol. The molecule has 0 saturated carbocycles. The number of thioether (sulfide) groups is 1. The molecule has 6 nitrogen and oxygen atoms in total. The highest BCUT2D eigenvalue weighted by Gasteiger charge is 2.16. The molecule has 2 aromatic carbocycles. The SMILES string of the molecule is C=CCC(Sc1nncn1C)c1cccc(NC(=O)c2ccc3ccccc3n2)c1. The highest BCUT2D eigenvalue weighted by Crippen LogP contribution is 2.37. The highest BCUT2D eigenvalue weighted by molar-refractivity contribution is 7.99. The molecule has 1 atom stereocenters. The number of benzene rings is 2. The molecule has 1 unspecified atom stereocenters. The smallest absolute Gasteiger partial charge is 0.274 e. The van der Waals surface area contributed by atoms with Crippen LogP contribution in [0.3, 0.4) is 0 Å². The van der Waals surface area contributed by atoms with Crippen LogP contribution >= 0.6 is 11.8 Å². The minimum absolute atomic E-state index is 0.112. The number of anilines is 1. The Morgan fingerprint density at radius 1 is 1.20 bits per heavy atom. The lowest BCUT2D eigenvalue weighted by Gasteiger charge is -2.16. The van der Waals surface area contributed by atoms with Crippen molar-refractivity contribution in [2.24, 2.45) is 7.05 Å². The molecule has 1 amide bonds. The van der Waals surface area contributed by atoms with Crippen LogP contribution in [0.4, 0.5) is 5.69 Å². The Balaban J connectivity index is 1.54. The van der Waals surface area contributed by atoms with Crippen molar-refractivity contribution >= 4 is 34.3 Å². The number of fused-ring (bicyclic) bond motifs is 1. The lowest BCUT2D eigenvalue weighted by molar-refractivity contribution is 0.102. The molecule has 0 radical (unpaired) electrons.